The molecule has 1 aromatic carbocycles. The molecule has 1 N–H and O–H groups in total. The van der Waals surface area contributed by atoms with Crippen LogP contribution >= 0.6 is 0 Å². The van der Waals surface area contributed by atoms with E-state index < -0.39 is 41.8 Å². The molecular weight excluding hydrogens is 463 g/mol. The SMILES string of the molecule is COC(=O)N1CCc2[nH]nc(C(=O)N3CCC(c4cc(F)cc(F)c4CC(F)(F)F)CC3)c2C1. The molecule has 2 amide bonds. The molecule has 2 aromatic rings. The van der Waals surface area contributed by atoms with Crippen LogP contribution in [0.25, 0.3) is 0 Å². The Bertz CT molecular complexity index is 1090. The van der Waals surface area contributed by atoms with E-state index in [4.69, 9.17) is 4.74 Å². The quantitative estimate of drug-likeness (QED) is 0.667. The van der Waals surface area contributed by atoms with Crippen molar-refractivity contribution in [2.45, 2.75) is 44.3 Å². The molecule has 0 radical (unpaired) electrons. The molecule has 184 valence electrons. The number of ether oxygens (including phenoxy) is 1. The summed E-state index contributed by atoms with van der Waals surface area (Å²) in [6.45, 7) is 0.968. The first-order valence-electron chi connectivity index (χ1n) is 10.8. The summed E-state index contributed by atoms with van der Waals surface area (Å²) in [5, 5.41) is 6.96. The number of aromatic nitrogens is 2. The number of hydrogen-bond donors (Lipinski definition) is 1. The zero-order chi connectivity index (χ0) is 24.6. The molecule has 0 unspecified atom stereocenters. The number of carbonyl (C=O) groups excluding carboxylic acids is 2. The maximum Gasteiger partial charge on any atom is 0.409 e. The Balaban J connectivity index is 1.48. The van der Waals surface area contributed by atoms with E-state index >= 15 is 0 Å². The topological polar surface area (TPSA) is 78.5 Å². The van der Waals surface area contributed by atoms with Crippen LogP contribution < -0.4 is 0 Å². The van der Waals surface area contributed by atoms with Gasteiger partial charge in [-0.25, -0.2) is 13.6 Å². The van der Waals surface area contributed by atoms with E-state index in [9.17, 15) is 31.5 Å². The standard InChI is InChI=1S/C22H23F5N4O3/c1-34-21(33)31-7-4-18-16(11-31)19(29-28-18)20(32)30-5-2-12(3-6-30)14-8-13(23)9-17(24)15(14)10-22(25,26)27/h8-9,12H,2-7,10-11H2,1H3,(H,28,29). The van der Waals surface area contributed by atoms with Gasteiger partial charge >= 0.3 is 12.3 Å². The second-order valence-corrected chi connectivity index (χ2v) is 8.48. The number of alkyl halides is 3. The molecule has 3 heterocycles. The fraction of sp³-hybridized carbons (Fsp3) is 0.500. The fourth-order valence-electron chi connectivity index (χ4n) is 4.67. The zero-order valence-corrected chi connectivity index (χ0v) is 18.3. The van der Waals surface area contributed by atoms with Crippen LogP contribution in [-0.2, 0) is 24.1 Å². The molecule has 0 aliphatic carbocycles. The van der Waals surface area contributed by atoms with Gasteiger partial charge in [0.1, 0.15) is 11.6 Å². The number of aromatic amines is 1. The first-order chi connectivity index (χ1) is 16.1. The average molecular weight is 486 g/mol. The van der Waals surface area contributed by atoms with Gasteiger partial charge in [-0.15, -0.1) is 0 Å². The van der Waals surface area contributed by atoms with Crippen LogP contribution in [0.1, 0.15) is 51.6 Å². The number of likely N-dealkylation sites (tertiary alicyclic amines) is 1. The number of rotatable bonds is 3. The number of nitrogens with zero attached hydrogens (tertiary/aromatic N) is 3. The van der Waals surface area contributed by atoms with Crippen molar-refractivity contribution in [3.05, 3.63) is 51.8 Å². The van der Waals surface area contributed by atoms with Gasteiger partial charge in [-0.05, 0) is 30.4 Å². The van der Waals surface area contributed by atoms with E-state index in [1.807, 2.05) is 0 Å². The number of benzene rings is 1. The highest BCUT2D eigenvalue weighted by Gasteiger charge is 2.35. The molecule has 1 aromatic heterocycles. The summed E-state index contributed by atoms with van der Waals surface area (Å²) in [5.41, 5.74) is 0.973. The number of amides is 2. The van der Waals surface area contributed by atoms with Crippen molar-refractivity contribution in [2.24, 2.45) is 0 Å². The number of hydrogen-bond acceptors (Lipinski definition) is 4. The van der Waals surface area contributed by atoms with Crippen LogP contribution in [0.2, 0.25) is 0 Å². The smallest absolute Gasteiger partial charge is 0.409 e. The lowest BCUT2D eigenvalue weighted by molar-refractivity contribution is -0.127. The predicted octanol–water partition coefficient (Wildman–Crippen LogP) is 3.94. The van der Waals surface area contributed by atoms with Crippen molar-refractivity contribution in [1.82, 2.24) is 20.0 Å². The van der Waals surface area contributed by atoms with Crippen LogP contribution in [-0.4, -0.2) is 64.9 Å². The molecule has 0 atom stereocenters. The molecule has 0 saturated carbocycles. The van der Waals surface area contributed by atoms with E-state index in [1.165, 1.54) is 16.9 Å². The molecular formula is C22H23F5N4O3. The summed E-state index contributed by atoms with van der Waals surface area (Å²) < 4.78 is 71.7. The zero-order valence-electron chi connectivity index (χ0n) is 18.3. The minimum atomic E-state index is -4.64. The number of halogens is 5. The van der Waals surface area contributed by atoms with Crippen LogP contribution in [0.4, 0.5) is 26.7 Å². The monoisotopic (exact) mass is 486 g/mol. The highest BCUT2D eigenvalue weighted by molar-refractivity contribution is 5.94. The number of nitrogens with one attached hydrogen (secondary N) is 1. The van der Waals surface area contributed by atoms with E-state index in [0.29, 0.717) is 24.6 Å². The molecule has 12 heteroatoms. The summed E-state index contributed by atoms with van der Waals surface area (Å²) in [5.74, 6) is -3.04. The van der Waals surface area contributed by atoms with Gasteiger partial charge < -0.3 is 14.5 Å². The number of piperidine rings is 1. The van der Waals surface area contributed by atoms with Gasteiger partial charge in [0.25, 0.3) is 5.91 Å². The van der Waals surface area contributed by atoms with E-state index in [1.54, 1.807) is 0 Å². The van der Waals surface area contributed by atoms with E-state index in [2.05, 4.69) is 10.2 Å². The van der Waals surface area contributed by atoms with Gasteiger partial charge in [0.05, 0.1) is 20.1 Å². The Morgan fingerprint density at radius 3 is 2.50 bits per heavy atom. The highest BCUT2D eigenvalue weighted by atomic mass is 19.4. The van der Waals surface area contributed by atoms with Gasteiger partial charge in [0.2, 0.25) is 0 Å². The summed E-state index contributed by atoms with van der Waals surface area (Å²) in [4.78, 5) is 28.0. The van der Waals surface area contributed by atoms with Gasteiger partial charge in [-0.2, -0.15) is 18.3 Å². The Labute approximate surface area is 191 Å². The third kappa shape index (κ3) is 4.85. The Morgan fingerprint density at radius 2 is 1.85 bits per heavy atom. The van der Waals surface area contributed by atoms with Crippen molar-refractivity contribution in [1.29, 1.82) is 0 Å². The largest absolute Gasteiger partial charge is 0.453 e. The Hall–Kier alpha value is -3.18. The summed E-state index contributed by atoms with van der Waals surface area (Å²) >= 11 is 0. The molecule has 2 aliphatic rings. The number of methoxy groups -OCH3 is 1. The molecule has 34 heavy (non-hydrogen) atoms. The summed E-state index contributed by atoms with van der Waals surface area (Å²) in [6, 6.07) is 1.42. The van der Waals surface area contributed by atoms with Crippen molar-refractivity contribution in [2.75, 3.05) is 26.7 Å². The first kappa shape index (κ1) is 24.0. The number of H-pyrrole nitrogens is 1. The second kappa shape index (κ2) is 9.22. The average Bonchev–Trinajstić information content (AvgIpc) is 3.22. The Morgan fingerprint density at radius 1 is 1.15 bits per heavy atom. The van der Waals surface area contributed by atoms with E-state index in [-0.39, 0.29) is 49.6 Å². The molecule has 4 rings (SSSR count). The third-order valence-electron chi connectivity index (χ3n) is 6.36. The lowest BCUT2D eigenvalue weighted by Crippen LogP contribution is -2.40. The minimum absolute atomic E-state index is 0.00667. The second-order valence-electron chi connectivity index (χ2n) is 8.48. The van der Waals surface area contributed by atoms with Crippen LogP contribution in [0, 0.1) is 11.6 Å². The van der Waals surface area contributed by atoms with E-state index in [0.717, 1.165) is 11.8 Å². The molecule has 0 bridgehead atoms. The van der Waals surface area contributed by atoms with Crippen molar-refractivity contribution in [3.63, 3.8) is 0 Å². The van der Waals surface area contributed by atoms with Crippen LogP contribution in [0.5, 0.6) is 0 Å². The predicted molar refractivity (Wildman–Crippen MR) is 109 cm³/mol. The van der Waals surface area contributed by atoms with Gasteiger partial charge in [0, 0.05) is 48.9 Å². The van der Waals surface area contributed by atoms with Gasteiger partial charge in [-0.1, -0.05) is 0 Å². The lowest BCUT2D eigenvalue weighted by atomic mass is 9.85. The van der Waals surface area contributed by atoms with Crippen molar-refractivity contribution in [3.8, 4) is 0 Å². The lowest BCUT2D eigenvalue weighted by Gasteiger charge is -2.33. The maximum absolute atomic E-state index is 14.2. The van der Waals surface area contributed by atoms with Crippen LogP contribution in [0.3, 0.4) is 0 Å². The number of carbonyl (C=O) groups is 2. The Kier molecular flexibility index (Phi) is 6.50. The number of fused-ring (bicyclic) bond motifs is 1. The van der Waals surface area contributed by atoms with Gasteiger partial charge in [-0.3, -0.25) is 9.89 Å². The molecule has 7 nitrogen and oxygen atoms in total. The van der Waals surface area contributed by atoms with Crippen LogP contribution in [0.15, 0.2) is 12.1 Å². The van der Waals surface area contributed by atoms with Crippen molar-refractivity contribution >= 4 is 12.0 Å². The highest BCUT2D eigenvalue weighted by Crippen LogP contribution is 2.36. The summed E-state index contributed by atoms with van der Waals surface area (Å²) in [7, 11) is 1.27. The normalized spacial score (nSPS) is 17.0. The molecule has 0 spiro atoms. The fourth-order valence-corrected chi connectivity index (χ4v) is 4.67. The molecule has 2 aliphatic heterocycles. The van der Waals surface area contributed by atoms with Crippen molar-refractivity contribution < 1.29 is 36.3 Å². The first-order valence-corrected chi connectivity index (χ1v) is 10.8. The minimum Gasteiger partial charge on any atom is -0.453 e. The summed E-state index contributed by atoms with van der Waals surface area (Å²) in [6.07, 6.45) is -5.64. The molecule has 1 fully saturated rings. The third-order valence-corrected chi connectivity index (χ3v) is 6.36. The molecule has 1 saturated heterocycles. The maximum atomic E-state index is 14.2. The van der Waals surface area contributed by atoms with Gasteiger partial charge in [0.15, 0.2) is 5.69 Å².